The maximum atomic E-state index is 11.4. The number of carbonyl (C=O) groups is 5. The predicted molar refractivity (Wildman–Crippen MR) is 327 cm³/mol. The van der Waals surface area contributed by atoms with Crippen molar-refractivity contribution in [2.75, 3.05) is 0 Å². The standard InChI is InChI=1S/2C17H11N3O4.C16H11N3O2.C16H13N3.CO2/c2*21-16(22)10-4-6-19-13(7-10)15-9-11(17(23)24)8-14(20-15)12-3-1-2-5-18-12;20-16(21)11-9-14(12-5-1-3-7-17-12)19-15(10-11)13-6-2-4-8-18-13;1-12-8-10-18-16(11-12)15-7-4-6-14(19-15)13-5-2-3-9-17-13;2-1-3/h2*1-9H,(H,21,22)(H,23,24);1-10H,(H,20,21);2-11H,1H3;. The third kappa shape index (κ3) is 17.8. The SMILES string of the molecule is Cc1ccnc(-c2cccc(-c3ccccn3)n2)c1.O=C(O)c1cc(-c2ccccn2)nc(-c2ccccn2)c1.O=C(O)c1ccnc(-c2cc(C(=O)O)cc(-c3ccccn3)n2)c1.O=C(O)c1ccnc(-c2cc(C(=O)O)cc(-c3ccccn3)n2)c1.O=C=O. The molecule has 12 rings (SSSR count). The average molecular weight is 1210 g/mol. The number of carbonyl (C=O) groups excluding carboxylic acids is 2. The fourth-order valence-electron chi connectivity index (χ4n) is 8.12. The lowest BCUT2D eigenvalue weighted by Gasteiger charge is -2.07. The molecule has 0 aliphatic heterocycles. The van der Waals surface area contributed by atoms with Gasteiger partial charge in [-0.2, -0.15) is 9.59 Å². The number of aryl methyl sites for hydroxylation is 1. The number of hydrogen-bond acceptors (Lipinski definition) is 19. The minimum Gasteiger partial charge on any atom is -0.478 e. The van der Waals surface area contributed by atoms with E-state index in [2.05, 4.69) is 59.8 Å². The third-order valence-corrected chi connectivity index (χ3v) is 12.3. The summed E-state index contributed by atoms with van der Waals surface area (Å²) in [4.78, 5) is 124. The van der Waals surface area contributed by atoms with Crippen molar-refractivity contribution < 1.29 is 59.1 Å². The van der Waals surface area contributed by atoms with Gasteiger partial charge in [-0.1, -0.05) is 36.4 Å². The van der Waals surface area contributed by atoms with Gasteiger partial charge in [0, 0.05) is 49.6 Å². The second kappa shape index (κ2) is 31.1. The van der Waals surface area contributed by atoms with Crippen LogP contribution in [0.15, 0.2) is 232 Å². The van der Waals surface area contributed by atoms with Crippen LogP contribution in [0, 0.1) is 6.92 Å². The van der Waals surface area contributed by atoms with Crippen LogP contribution in [0.4, 0.5) is 0 Å². The van der Waals surface area contributed by atoms with Gasteiger partial charge >= 0.3 is 36.0 Å². The Hall–Kier alpha value is -13.5. The Morgan fingerprint density at radius 3 is 0.747 bits per heavy atom. The highest BCUT2D eigenvalue weighted by molar-refractivity contribution is 5.93. The van der Waals surface area contributed by atoms with Gasteiger partial charge in [0.05, 0.1) is 119 Å². The topological polar surface area (TPSA) is 375 Å². The summed E-state index contributed by atoms with van der Waals surface area (Å²) in [6, 6.07) is 50.9. The lowest BCUT2D eigenvalue weighted by atomic mass is 10.1. The Labute approximate surface area is 515 Å². The van der Waals surface area contributed by atoms with E-state index in [9.17, 15) is 39.3 Å². The molecule has 12 aromatic heterocycles. The molecule has 0 aromatic carbocycles. The Morgan fingerprint density at radius 1 is 0.253 bits per heavy atom. The molecule has 0 unspecified atom stereocenters. The average Bonchev–Trinajstić information content (AvgIpc) is 3.11. The van der Waals surface area contributed by atoms with Crippen molar-refractivity contribution in [3.63, 3.8) is 0 Å². The van der Waals surface area contributed by atoms with Gasteiger partial charge in [0.25, 0.3) is 0 Å². The number of nitrogens with zero attached hydrogens (tertiary/aromatic N) is 12. The molecule has 0 atom stereocenters. The van der Waals surface area contributed by atoms with E-state index in [1.165, 1.54) is 78.6 Å². The number of hydrogen-bond donors (Lipinski definition) is 5. The first-order valence-electron chi connectivity index (χ1n) is 26.7. The van der Waals surface area contributed by atoms with E-state index >= 15 is 0 Å². The fourth-order valence-corrected chi connectivity index (χ4v) is 8.12. The summed E-state index contributed by atoms with van der Waals surface area (Å²) in [6.45, 7) is 2.05. The quantitative estimate of drug-likeness (QED) is 0.0716. The molecule has 12 aromatic rings. The molecule has 5 N–H and O–H groups in total. The van der Waals surface area contributed by atoms with Crippen LogP contribution in [0.5, 0.6) is 0 Å². The Bertz CT molecular complexity index is 4360. The number of pyridine rings is 12. The zero-order valence-electron chi connectivity index (χ0n) is 47.4. The van der Waals surface area contributed by atoms with Crippen LogP contribution in [0.2, 0.25) is 0 Å². The molecule has 446 valence electrons. The summed E-state index contributed by atoms with van der Waals surface area (Å²) in [5.74, 6) is -5.45. The molecule has 12 heterocycles. The van der Waals surface area contributed by atoms with E-state index in [1.807, 2.05) is 67.6 Å². The van der Waals surface area contributed by atoms with Crippen LogP contribution < -0.4 is 0 Å². The predicted octanol–water partition coefficient (Wildman–Crippen LogP) is 11.0. The molecule has 0 spiro atoms. The van der Waals surface area contributed by atoms with Crippen molar-refractivity contribution in [2.24, 2.45) is 0 Å². The minimum atomic E-state index is -1.12. The van der Waals surface area contributed by atoms with Crippen LogP contribution >= 0.6 is 0 Å². The molecule has 24 nitrogen and oxygen atoms in total. The zero-order valence-corrected chi connectivity index (χ0v) is 47.4. The lowest BCUT2D eigenvalue weighted by Crippen LogP contribution is -2.02. The van der Waals surface area contributed by atoms with Crippen molar-refractivity contribution in [2.45, 2.75) is 6.92 Å². The molecule has 0 fully saturated rings. The van der Waals surface area contributed by atoms with Crippen LogP contribution in [0.25, 0.3) is 91.1 Å². The smallest absolute Gasteiger partial charge is 0.373 e. The van der Waals surface area contributed by atoms with Crippen molar-refractivity contribution in [3.8, 4) is 91.1 Å². The van der Waals surface area contributed by atoms with Gasteiger partial charge in [0.15, 0.2) is 0 Å². The number of carboxylic acids is 5. The first kappa shape index (κ1) is 63.5. The molecule has 0 bridgehead atoms. The monoisotopic (exact) mass is 1210 g/mol. The van der Waals surface area contributed by atoms with Crippen molar-refractivity contribution >= 4 is 36.0 Å². The van der Waals surface area contributed by atoms with E-state index < -0.39 is 29.8 Å². The second-order valence-corrected chi connectivity index (χ2v) is 18.5. The highest BCUT2D eigenvalue weighted by Crippen LogP contribution is 2.27. The number of aromatic carboxylic acids is 5. The van der Waals surface area contributed by atoms with Crippen LogP contribution in [0.3, 0.4) is 0 Å². The van der Waals surface area contributed by atoms with Gasteiger partial charge < -0.3 is 25.5 Å². The Morgan fingerprint density at radius 2 is 0.473 bits per heavy atom. The van der Waals surface area contributed by atoms with E-state index in [4.69, 9.17) is 19.8 Å². The van der Waals surface area contributed by atoms with Crippen LogP contribution in [-0.4, -0.2) is 121 Å². The van der Waals surface area contributed by atoms with E-state index in [-0.39, 0.29) is 56.7 Å². The highest BCUT2D eigenvalue weighted by Gasteiger charge is 2.17. The van der Waals surface area contributed by atoms with Crippen molar-refractivity contribution in [3.05, 3.63) is 265 Å². The van der Waals surface area contributed by atoms with E-state index in [0.717, 1.165) is 22.8 Å². The summed E-state index contributed by atoms with van der Waals surface area (Å²) >= 11 is 0. The third-order valence-electron chi connectivity index (χ3n) is 12.3. The molecule has 0 saturated heterocycles. The van der Waals surface area contributed by atoms with Crippen molar-refractivity contribution in [1.82, 2.24) is 59.8 Å². The first-order valence-corrected chi connectivity index (χ1v) is 26.7. The Balaban J connectivity index is 0.000000155. The van der Waals surface area contributed by atoms with Crippen LogP contribution in [0.1, 0.15) is 57.4 Å². The zero-order chi connectivity index (χ0) is 64.7. The number of carboxylic acid groups (broad SMARTS) is 5. The van der Waals surface area contributed by atoms with Gasteiger partial charge in [-0.05, 0) is 158 Å². The highest BCUT2D eigenvalue weighted by atomic mass is 16.4. The first-order chi connectivity index (χ1) is 44.1. The summed E-state index contributed by atoms with van der Waals surface area (Å²) in [7, 11) is 0. The number of aromatic nitrogens is 12. The van der Waals surface area contributed by atoms with Gasteiger partial charge in [0.1, 0.15) is 0 Å². The molecule has 0 amide bonds. The Kier molecular flexibility index (Phi) is 21.7. The van der Waals surface area contributed by atoms with E-state index in [1.54, 1.807) is 97.8 Å². The molecule has 0 aliphatic carbocycles. The maximum Gasteiger partial charge on any atom is 0.373 e. The lowest BCUT2D eigenvalue weighted by molar-refractivity contribution is -0.191. The molecule has 0 saturated carbocycles. The van der Waals surface area contributed by atoms with Crippen LogP contribution in [-0.2, 0) is 9.59 Å². The minimum absolute atomic E-state index is 0.0168. The molecular weight excluding hydrogens is 1160 g/mol. The summed E-state index contributed by atoms with van der Waals surface area (Å²) < 4.78 is 0. The number of rotatable bonds is 13. The fraction of sp³-hybridized carbons (Fsp3) is 0.0149. The van der Waals surface area contributed by atoms with E-state index in [0.29, 0.717) is 45.6 Å². The molecule has 0 radical (unpaired) electrons. The molecule has 0 aliphatic rings. The molecule has 91 heavy (non-hydrogen) atoms. The second-order valence-electron chi connectivity index (χ2n) is 18.5. The van der Waals surface area contributed by atoms with Gasteiger partial charge in [0.2, 0.25) is 0 Å². The van der Waals surface area contributed by atoms with Crippen molar-refractivity contribution in [1.29, 1.82) is 0 Å². The van der Waals surface area contributed by atoms with Gasteiger partial charge in [-0.3, -0.25) is 39.9 Å². The summed E-state index contributed by atoms with van der Waals surface area (Å²) in [5, 5.41) is 46.0. The van der Waals surface area contributed by atoms with Gasteiger partial charge in [-0.25, -0.2) is 43.9 Å². The summed E-state index contributed by atoms with van der Waals surface area (Å²) in [5.41, 5.74) is 10.0. The molecule has 24 heteroatoms. The summed E-state index contributed by atoms with van der Waals surface area (Å²) in [6.07, 6.45) is 13.0. The molecular formula is C67H46N12O12. The maximum absolute atomic E-state index is 11.4. The van der Waals surface area contributed by atoms with Gasteiger partial charge in [-0.15, -0.1) is 0 Å². The normalized spacial score (nSPS) is 10.1. The largest absolute Gasteiger partial charge is 0.478 e.